The summed E-state index contributed by atoms with van der Waals surface area (Å²) in [7, 11) is 0. The lowest BCUT2D eigenvalue weighted by atomic mass is 9.80. The summed E-state index contributed by atoms with van der Waals surface area (Å²) < 4.78 is 13.5. The van der Waals surface area contributed by atoms with Crippen LogP contribution in [0.2, 0.25) is 0 Å². The molecule has 4 fully saturated rings. The van der Waals surface area contributed by atoms with Crippen molar-refractivity contribution in [3.8, 4) is 5.75 Å². The summed E-state index contributed by atoms with van der Waals surface area (Å²) >= 11 is 0. The van der Waals surface area contributed by atoms with E-state index in [4.69, 9.17) is 9.47 Å². The molecule has 178 valence electrons. The molecule has 0 radical (unpaired) electrons. The second-order valence-corrected chi connectivity index (χ2v) is 11.9. The third-order valence-corrected chi connectivity index (χ3v) is 9.77. The molecule has 7 atom stereocenters. The summed E-state index contributed by atoms with van der Waals surface area (Å²) in [5.74, 6) is 6.80. The molecule has 1 aromatic rings. The minimum Gasteiger partial charge on any atom is -0.465 e. The average Bonchev–Trinajstić information content (AvgIpc) is 3.50. The minimum absolute atomic E-state index is 0.0692. The van der Waals surface area contributed by atoms with E-state index in [9.17, 15) is 0 Å². The Balaban J connectivity index is 1.26. The van der Waals surface area contributed by atoms with Crippen LogP contribution >= 0.6 is 0 Å². The van der Waals surface area contributed by atoms with Crippen molar-refractivity contribution in [3.05, 3.63) is 29.8 Å². The molecule has 2 bridgehead atoms. The third kappa shape index (κ3) is 4.77. The van der Waals surface area contributed by atoms with Crippen molar-refractivity contribution in [1.29, 1.82) is 0 Å². The topological polar surface area (TPSA) is 18.5 Å². The molecular formula is C30H46O2. The quantitative estimate of drug-likeness (QED) is 0.361. The van der Waals surface area contributed by atoms with Gasteiger partial charge in [-0.3, -0.25) is 0 Å². The summed E-state index contributed by atoms with van der Waals surface area (Å²) in [5.41, 5.74) is 1.44. The van der Waals surface area contributed by atoms with Gasteiger partial charge >= 0.3 is 0 Å². The van der Waals surface area contributed by atoms with Gasteiger partial charge in [0.1, 0.15) is 5.75 Å². The van der Waals surface area contributed by atoms with Crippen molar-refractivity contribution >= 4 is 0 Å². The largest absolute Gasteiger partial charge is 0.465 e. The Morgan fingerprint density at radius 2 is 1.59 bits per heavy atom. The fraction of sp³-hybridized carbons (Fsp3) is 0.800. The van der Waals surface area contributed by atoms with Crippen LogP contribution in [0.4, 0.5) is 0 Å². The number of hydrogen-bond acceptors (Lipinski definition) is 2. The van der Waals surface area contributed by atoms with Crippen LogP contribution in [0.5, 0.6) is 5.75 Å². The lowest BCUT2D eigenvalue weighted by molar-refractivity contribution is -0.152. The normalized spacial score (nSPS) is 34.1. The highest BCUT2D eigenvalue weighted by Gasteiger charge is 2.54. The summed E-state index contributed by atoms with van der Waals surface area (Å²) in [6.45, 7) is 6.96. The maximum absolute atomic E-state index is 6.88. The maximum Gasteiger partial charge on any atom is 0.200 e. The number of hydrogen-bond donors (Lipinski definition) is 0. The Morgan fingerprint density at radius 3 is 2.31 bits per heavy atom. The van der Waals surface area contributed by atoms with Crippen LogP contribution in [-0.4, -0.2) is 12.4 Å². The molecule has 0 aliphatic heterocycles. The monoisotopic (exact) mass is 438 g/mol. The standard InChI is InChI=1S/C30H46O2/c1-4-25(20(2)3)22-13-15-24(16-14-22)31-30(17-21-9-6-5-7-10-21)32-29-19-23-18-28(29)27-12-8-11-26(23)27/h13-16,20-21,23,25-30H,4-12,17-19H2,1-3H3. The van der Waals surface area contributed by atoms with Gasteiger partial charge in [0.15, 0.2) is 6.29 Å². The van der Waals surface area contributed by atoms with E-state index in [0.717, 1.165) is 41.8 Å². The molecule has 4 saturated carbocycles. The van der Waals surface area contributed by atoms with Gasteiger partial charge in [-0.1, -0.05) is 71.4 Å². The Kier molecular flexibility index (Phi) is 7.17. The summed E-state index contributed by atoms with van der Waals surface area (Å²) in [5, 5.41) is 0. The molecule has 32 heavy (non-hydrogen) atoms. The number of benzene rings is 1. The zero-order chi connectivity index (χ0) is 22.1. The van der Waals surface area contributed by atoms with E-state index in [2.05, 4.69) is 45.0 Å². The SMILES string of the molecule is CCC(c1ccc(OC(CC2CCCCC2)OC2CC3CC2C2CCCC32)cc1)C(C)C. The summed E-state index contributed by atoms with van der Waals surface area (Å²) in [6, 6.07) is 8.99. The van der Waals surface area contributed by atoms with Crippen LogP contribution < -0.4 is 4.74 Å². The van der Waals surface area contributed by atoms with Gasteiger partial charge in [0, 0.05) is 6.42 Å². The molecule has 7 unspecified atom stereocenters. The minimum atomic E-state index is -0.0692. The van der Waals surface area contributed by atoms with Crippen molar-refractivity contribution < 1.29 is 9.47 Å². The van der Waals surface area contributed by atoms with Gasteiger partial charge in [0.05, 0.1) is 6.10 Å². The highest BCUT2D eigenvalue weighted by atomic mass is 16.7. The van der Waals surface area contributed by atoms with E-state index >= 15 is 0 Å². The first kappa shape index (κ1) is 22.8. The molecule has 0 N–H and O–H groups in total. The van der Waals surface area contributed by atoms with Crippen LogP contribution in [0, 0.1) is 35.5 Å². The van der Waals surface area contributed by atoms with Gasteiger partial charge < -0.3 is 9.47 Å². The molecule has 0 spiro atoms. The fourth-order valence-electron chi connectivity index (χ4n) is 8.22. The molecule has 2 nitrogen and oxygen atoms in total. The molecule has 0 amide bonds. The van der Waals surface area contributed by atoms with E-state index in [0.29, 0.717) is 17.9 Å². The molecule has 0 heterocycles. The molecule has 4 aliphatic carbocycles. The van der Waals surface area contributed by atoms with Crippen molar-refractivity contribution in [2.75, 3.05) is 0 Å². The van der Waals surface area contributed by atoms with Crippen LogP contribution in [-0.2, 0) is 4.74 Å². The number of rotatable bonds is 9. The Hall–Kier alpha value is -1.02. The van der Waals surface area contributed by atoms with Crippen LogP contribution in [0.1, 0.15) is 109 Å². The lowest BCUT2D eigenvalue weighted by Crippen LogP contribution is -2.36. The Labute approximate surface area is 196 Å². The Morgan fingerprint density at radius 1 is 0.844 bits per heavy atom. The number of fused-ring (bicyclic) bond motifs is 5. The van der Waals surface area contributed by atoms with Crippen molar-refractivity contribution in [2.24, 2.45) is 35.5 Å². The Bertz CT molecular complexity index is 719. The van der Waals surface area contributed by atoms with Crippen LogP contribution in [0.25, 0.3) is 0 Å². The predicted octanol–water partition coefficient (Wildman–Crippen LogP) is 8.35. The zero-order valence-electron chi connectivity index (χ0n) is 20.8. The second-order valence-electron chi connectivity index (χ2n) is 11.9. The molecule has 0 aromatic heterocycles. The van der Waals surface area contributed by atoms with E-state index in [1.54, 1.807) is 0 Å². The number of ether oxygens (including phenoxy) is 2. The van der Waals surface area contributed by atoms with E-state index in [-0.39, 0.29) is 6.29 Å². The van der Waals surface area contributed by atoms with Crippen LogP contribution in [0.15, 0.2) is 24.3 Å². The molecule has 0 saturated heterocycles. The van der Waals surface area contributed by atoms with E-state index < -0.39 is 0 Å². The zero-order valence-corrected chi connectivity index (χ0v) is 20.8. The lowest BCUT2D eigenvalue weighted by Gasteiger charge is -2.35. The van der Waals surface area contributed by atoms with Crippen LogP contribution in [0.3, 0.4) is 0 Å². The van der Waals surface area contributed by atoms with Gasteiger partial charge in [-0.25, -0.2) is 0 Å². The fourth-order valence-corrected chi connectivity index (χ4v) is 8.22. The summed E-state index contributed by atoms with van der Waals surface area (Å²) in [4.78, 5) is 0. The maximum atomic E-state index is 6.88. The first-order chi connectivity index (χ1) is 15.6. The van der Waals surface area contributed by atoms with Crippen molar-refractivity contribution in [1.82, 2.24) is 0 Å². The van der Waals surface area contributed by atoms with Gasteiger partial charge in [0.25, 0.3) is 0 Å². The molecule has 5 rings (SSSR count). The van der Waals surface area contributed by atoms with Gasteiger partial charge in [0.2, 0.25) is 0 Å². The summed E-state index contributed by atoms with van der Waals surface area (Å²) in [6.07, 6.45) is 16.7. The third-order valence-electron chi connectivity index (χ3n) is 9.77. The first-order valence-electron chi connectivity index (χ1n) is 14.0. The van der Waals surface area contributed by atoms with Crippen molar-refractivity contribution in [3.63, 3.8) is 0 Å². The van der Waals surface area contributed by atoms with E-state index in [1.165, 1.54) is 76.2 Å². The van der Waals surface area contributed by atoms with E-state index in [1.807, 2.05) is 0 Å². The first-order valence-corrected chi connectivity index (χ1v) is 14.0. The predicted molar refractivity (Wildman–Crippen MR) is 132 cm³/mol. The molecular weight excluding hydrogens is 392 g/mol. The highest BCUT2D eigenvalue weighted by molar-refractivity contribution is 5.29. The second kappa shape index (κ2) is 10.1. The molecule has 1 aromatic carbocycles. The van der Waals surface area contributed by atoms with Gasteiger partial charge in [-0.05, 0) is 91.2 Å². The highest BCUT2D eigenvalue weighted by Crippen LogP contribution is 2.59. The van der Waals surface area contributed by atoms with Gasteiger partial charge in [-0.2, -0.15) is 0 Å². The van der Waals surface area contributed by atoms with Gasteiger partial charge in [-0.15, -0.1) is 0 Å². The smallest absolute Gasteiger partial charge is 0.200 e. The molecule has 2 heteroatoms. The van der Waals surface area contributed by atoms with Crippen molar-refractivity contribution in [2.45, 2.75) is 116 Å². The average molecular weight is 439 g/mol. The molecule has 4 aliphatic rings.